The highest BCUT2D eigenvalue weighted by Crippen LogP contribution is 2.10. The molecule has 0 bridgehead atoms. The van der Waals surface area contributed by atoms with Gasteiger partial charge in [0.15, 0.2) is 0 Å². The summed E-state index contributed by atoms with van der Waals surface area (Å²) in [6.07, 6.45) is 4.90. The number of hydrogen-bond acceptors (Lipinski definition) is 4. The molecule has 0 spiro atoms. The van der Waals surface area contributed by atoms with Crippen molar-refractivity contribution in [1.29, 1.82) is 0 Å². The molecule has 2 aliphatic rings. The first-order valence-corrected chi connectivity index (χ1v) is 6.32. The predicted octanol–water partition coefficient (Wildman–Crippen LogP) is 1.87. The summed E-state index contributed by atoms with van der Waals surface area (Å²) in [4.78, 5) is 0. The average molecular weight is 303 g/mol. The number of hydrogen-bond donors (Lipinski definition) is 2. The Balaban J connectivity index is 0. The molecular formula is C12H28Cl2N2O2. The van der Waals surface area contributed by atoms with Crippen LogP contribution in [0.25, 0.3) is 0 Å². The van der Waals surface area contributed by atoms with E-state index in [0.29, 0.717) is 24.3 Å². The van der Waals surface area contributed by atoms with Crippen LogP contribution in [-0.2, 0) is 9.47 Å². The van der Waals surface area contributed by atoms with Gasteiger partial charge < -0.3 is 20.9 Å². The second-order valence-electron chi connectivity index (χ2n) is 4.93. The summed E-state index contributed by atoms with van der Waals surface area (Å²) in [7, 11) is 0. The second kappa shape index (κ2) is 11.3. The van der Waals surface area contributed by atoms with Crippen LogP contribution in [0.5, 0.6) is 0 Å². The lowest BCUT2D eigenvalue weighted by Crippen LogP contribution is -2.32. The topological polar surface area (TPSA) is 70.5 Å². The van der Waals surface area contributed by atoms with Gasteiger partial charge in [0, 0.05) is 25.3 Å². The minimum atomic E-state index is 0. The summed E-state index contributed by atoms with van der Waals surface area (Å²) < 4.78 is 10.5. The van der Waals surface area contributed by atoms with Gasteiger partial charge in [0.05, 0.1) is 12.2 Å². The van der Waals surface area contributed by atoms with E-state index in [0.717, 1.165) is 38.9 Å². The third-order valence-corrected chi connectivity index (χ3v) is 3.05. The lowest BCUT2D eigenvalue weighted by molar-refractivity contribution is 0.0198. The van der Waals surface area contributed by atoms with Crippen LogP contribution in [0.15, 0.2) is 0 Å². The zero-order chi connectivity index (χ0) is 12.0. The third kappa shape index (κ3) is 9.36. The van der Waals surface area contributed by atoms with E-state index in [2.05, 4.69) is 13.8 Å². The monoisotopic (exact) mass is 302 g/mol. The second-order valence-corrected chi connectivity index (χ2v) is 4.93. The molecule has 6 heteroatoms. The van der Waals surface area contributed by atoms with Crippen molar-refractivity contribution in [3.8, 4) is 0 Å². The van der Waals surface area contributed by atoms with Crippen LogP contribution in [-0.4, -0.2) is 37.5 Å². The molecule has 112 valence electrons. The number of nitrogens with two attached hydrogens (primary N) is 2. The first kappa shape index (κ1) is 20.7. The van der Waals surface area contributed by atoms with Gasteiger partial charge in [-0.05, 0) is 39.5 Å². The highest BCUT2D eigenvalue weighted by Gasteiger charge is 2.15. The molecule has 2 aliphatic heterocycles. The van der Waals surface area contributed by atoms with E-state index in [-0.39, 0.29) is 24.8 Å². The third-order valence-electron chi connectivity index (χ3n) is 3.05. The Hall–Kier alpha value is 0.420. The zero-order valence-corrected chi connectivity index (χ0v) is 13.0. The lowest BCUT2D eigenvalue weighted by Gasteiger charge is -2.23. The fourth-order valence-electron chi connectivity index (χ4n) is 2.07. The Kier molecular flexibility index (Phi) is 13.0. The van der Waals surface area contributed by atoms with Gasteiger partial charge in [0.2, 0.25) is 0 Å². The Bertz CT molecular complexity index is 163. The van der Waals surface area contributed by atoms with Crippen LogP contribution < -0.4 is 11.5 Å². The van der Waals surface area contributed by atoms with Crippen molar-refractivity contribution in [3.63, 3.8) is 0 Å². The van der Waals surface area contributed by atoms with Gasteiger partial charge in [-0.1, -0.05) is 0 Å². The highest BCUT2D eigenvalue weighted by molar-refractivity contribution is 5.85. The van der Waals surface area contributed by atoms with Gasteiger partial charge in [0.25, 0.3) is 0 Å². The van der Waals surface area contributed by atoms with E-state index in [1.165, 1.54) is 0 Å². The normalized spacial score (nSPS) is 35.3. The molecule has 0 aromatic carbocycles. The van der Waals surface area contributed by atoms with Crippen molar-refractivity contribution in [2.24, 2.45) is 11.5 Å². The average Bonchev–Trinajstić information content (AvgIpc) is 2.17. The molecular weight excluding hydrogens is 275 g/mol. The minimum absolute atomic E-state index is 0. The van der Waals surface area contributed by atoms with Gasteiger partial charge in [-0.3, -0.25) is 0 Å². The maximum Gasteiger partial charge on any atom is 0.0561 e. The molecule has 0 amide bonds. The molecule has 0 aliphatic carbocycles. The summed E-state index contributed by atoms with van der Waals surface area (Å²) in [6, 6.07) is 0.775. The Morgan fingerprint density at radius 2 is 1.11 bits per heavy atom. The van der Waals surface area contributed by atoms with Crippen LogP contribution in [0.4, 0.5) is 0 Å². The van der Waals surface area contributed by atoms with Crippen molar-refractivity contribution < 1.29 is 9.47 Å². The van der Waals surface area contributed by atoms with Gasteiger partial charge in [-0.2, -0.15) is 0 Å². The Morgan fingerprint density at radius 1 is 0.778 bits per heavy atom. The van der Waals surface area contributed by atoms with Crippen LogP contribution >= 0.6 is 24.8 Å². The van der Waals surface area contributed by atoms with Crippen molar-refractivity contribution in [2.45, 2.75) is 63.8 Å². The molecule has 0 radical (unpaired) electrons. The van der Waals surface area contributed by atoms with Crippen molar-refractivity contribution in [3.05, 3.63) is 0 Å². The summed E-state index contributed by atoms with van der Waals surface area (Å²) in [5.41, 5.74) is 11.3. The maximum atomic E-state index is 5.65. The highest BCUT2D eigenvalue weighted by atomic mass is 35.5. The van der Waals surface area contributed by atoms with E-state index in [9.17, 15) is 0 Å². The van der Waals surface area contributed by atoms with Gasteiger partial charge >= 0.3 is 0 Å². The molecule has 0 unspecified atom stereocenters. The van der Waals surface area contributed by atoms with E-state index < -0.39 is 0 Å². The van der Waals surface area contributed by atoms with Crippen LogP contribution in [0.1, 0.15) is 39.5 Å². The molecule has 0 aromatic rings. The van der Waals surface area contributed by atoms with Gasteiger partial charge in [-0.15, -0.1) is 24.8 Å². The summed E-state index contributed by atoms with van der Waals surface area (Å²) >= 11 is 0. The summed E-state index contributed by atoms with van der Waals surface area (Å²) in [6.45, 7) is 5.84. The molecule has 2 rings (SSSR count). The van der Waals surface area contributed by atoms with E-state index in [1.54, 1.807) is 0 Å². The number of ether oxygens (including phenoxy) is 2. The number of halogens is 2. The van der Waals surface area contributed by atoms with Crippen LogP contribution in [0, 0.1) is 0 Å². The SMILES string of the molecule is C[C@@H]1C[C@@H](N)CCO1.C[C@H]1C[C@H](N)CCO1.Cl.Cl. The fraction of sp³-hybridized carbons (Fsp3) is 1.00. The van der Waals surface area contributed by atoms with Gasteiger partial charge in [0.1, 0.15) is 0 Å². The minimum Gasteiger partial charge on any atom is -0.378 e. The largest absolute Gasteiger partial charge is 0.378 e. The molecule has 2 saturated heterocycles. The molecule has 4 atom stereocenters. The first-order valence-electron chi connectivity index (χ1n) is 6.32. The van der Waals surface area contributed by atoms with E-state index in [4.69, 9.17) is 20.9 Å². The fourth-order valence-corrected chi connectivity index (χ4v) is 2.07. The van der Waals surface area contributed by atoms with E-state index in [1.807, 2.05) is 0 Å². The first-order chi connectivity index (χ1) is 7.58. The Labute approximate surface area is 123 Å². The molecule has 0 saturated carbocycles. The molecule has 2 fully saturated rings. The molecule has 4 nitrogen and oxygen atoms in total. The predicted molar refractivity (Wildman–Crippen MR) is 79.7 cm³/mol. The van der Waals surface area contributed by atoms with Gasteiger partial charge in [-0.25, -0.2) is 0 Å². The standard InChI is InChI=1S/2C6H13NO.2ClH/c2*1-5-4-6(7)2-3-8-5;;/h2*5-6H,2-4,7H2,1H3;2*1H/t2*5-,6+;;/m10../s1. The molecule has 2 heterocycles. The van der Waals surface area contributed by atoms with E-state index >= 15 is 0 Å². The Morgan fingerprint density at radius 3 is 1.28 bits per heavy atom. The lowest BCUT2D eigenvalue weighted by atomic mass is 10.1. The molecule has 0 aromatic heterocycles. The van der Waals surface area contributed by atoms with Crippen molar-refractivity contribution in [1.82, 2.24) is 0 Å². The summed E-state index contributed by atoms with van der Waals surface area (Å²) in [5, 5.41) is 0. The molecule has 18 heavy (non-hydrogen) atoms. The zero-order valence-electron chi connectivity index (χ0n) is 11.3. The number of rotatable bonds is 0. The van der Waals surface area contributed by atoms with Crippen molar-refractivity contribution in [2.75, 3.05) is 13.2 Å². The smallest absolute Gasteiger partial charge is 0.0561 e. The van der Waals surface area contributed by atoms with Crippen molar-refractivity contribution >= 4 is 24.8 Å². The summed E-state index contributed by atoms with van der Waals surface area (Å²) in [5.74, 6) is 0. The van der Waals surface area contributed by atoms with Crippen LogP contribution in [0.2, 0.25) is 0 Å². The maximum absolute atomic E-state index is 5.65. The quantitative estimate of drug-likeness (QED) is 0.717. The van der Waals surface area contributed by atoms with Crippen LogP contribution in [0.3, 0.4) is 0 Å². The molecule has 4 N–H and O–H groups in total.